The second-order valence-corrected chi connectivity index (χ2v) is 12.6. The van der Waals surface area contributed by atoms with Gasteiger partial charge in [-0.25, -0.2) is 4.98 Å². The highest BCUT2D eigenvalue weighted by Gasteiger charge is 2.33. The van der Waals surface area contributed by atoms with Crippen molar-refractivity contribution in [2.75, 3.05) is 0 Å². The Kier molecular flexibility index (Phi) is 4.76. The Bertz CT molecular complexity index is 2270. The molecule has 0 fully saturated rings. The second kappa shape index (κ2) is 8.36. The predicted octanol–water partition coefficient (Wildman–Crippen LogP) is 6.98. The Balaban J connectivity index is 1.59. The molecule has 3 heterocycles. The topological polar surface area (TPSA) is 47.3 Å². The van der Waals surface area contributed by atoms with E-state index in [2.05, 4.69) is 70.0 Å². The molecule has 0 radical (unpaired) electrons. The molecule has 0 bridgehead atoms. The first-order valence-corrected chi connectivity index (χ1v) is 14.7. The molecule has 0 spiro atoms. The third-order valence-electron chi connectivity index (χ3n) is 7.71. The average molecular weight is 520 g/mol. The first kappa shape index (κ1) is 22.2. The number of nitrogens with zero attached hydrogens (tertiary/aromatic N) is 3. The van der Waals surface area contributed by atoms with Gasteiger partial charge in [-0.2, -0.15) is 0 Å². The van der Waals surface area contributed by atoms with Crippen LogP contribution in [-0.4, -0.2) is 14.4 Å². The lowest BCUT2D eigenvalue weighted by Crippen LogP contribution is -2.26. The van der Waals surface area contributed by atoms with Crippen LogP contribution < -0.4 is 15.9 Å². The lowest BCUT2D eigenvalue weighted by atomic mass is 10.1. The summed E-state index contributed by atoms with van der Waals surface area (Å²) in [7, 11) is -3.37. The standard InChI is InChI=1S/C34H22N3OP/c38-39(26-11-8-20-35-22-26,25-19-18-23-9-1-2-10-24(23)21-25)32-17-7-13-28-27-12-3-5-15-30(27)37-31-16-6-4-14-29(31)36-34(37)33(28)32/h1-22H. The van der Waals surface area contributed by atoms with Crippen LogP contribution in [0, 0.1) is 0 Å². The van der Waals surface area contributed by atoms with Crippen LogP contribution >= 0.6 is 7.14 Å². The van der Waals surface area contributed by atoms with Crippen molar-refractivity contribution in [3.05, 3.63) is 134 Å². The number of hydrogen-bond donors (Lipinski definition) is 0. The summed E-state index contributed by atoms with van der Waals surface area (Å²) in [5.41, 5.74) is 3.83. The van der Waals surface area contributed by atoms with Crippen LogP contribution in [0.15, 0.2) is 134 Å². The number of imidazole rings is 1. The Morgan fingerprint density at radius 3 is 2.26 bits per heavy atom. The summed E-state index contributed by atoms with van der Waals surface area (Å²) in [6, 6.07) is 40.9. The molecule has 0 N–H and O–H groups in total. The van der Waals surface area contributed by atoms with Crippen LogP contribution in [0.3, 0.4) is 0 Å². The van der Waals surface area contributed by atoms with E-state index in [1.807, 2.05) is 60.7 Å². The first-order chi connectivity index (χ1) is 19.2. The van der Waals surface area contributed by atoms with Crippen LogP contribution in [0.2, 0.25) is 0 Å². The molecule has 0 aliphatic heterocycles. The summed E-state index contributed by atoms with van der Waals surface area (Å²) < 4.78 is 18.0. The Morgan fingerprint density at radius 1 is 0.615 bits per heavy atom. The molecule has 39 heavy (non-hydrogen) atoms. The van der Waals surface area contributed by atoms with Crippen molar-refractivity contribution in [3.8, 4) is 0 Å². The summed E-state index contributed by atoms with van der Waals surface area (Å²) in [5.74, 6) is 0. The van der Waals surface area contributed by atoms with Crippen molar-refractivity contribution in [3.63, 3.8) is 0 Å². The normalized spacial score (nSPS) is 13.4. The minimum atomic E-state index is -3.37. The molecule has 8 aromatic rings. The van der Waals surface area contributed by atoms with Gasteiger partial charge in [-0.15, -0.1) is 0 Å². The molecule has 0 saturated carbocycles. The SMILES string of the molecule is O=P(c1cccnc1)(c1ccc2ccccc2c1)c1cccc2c3ccccc3n3c4ccccc4nc3c12. The van der Waals surface area contributed by atoms with Crippen molar-refractivity contribution in [2.24, 2.45) is 0 Å². The zero-order valence-corrected chi connectivity index (χ0v) is 21.8. The molecule has 184 valence electrons. The number of fused-ring (bicyclic) bond motifs is 9. The third kappa shape index (κ3) is 3.16. The molecule has 0 aliphatic carbocycles. The summed E-state index contributed by atoms with van der Waals surface area (Å²) in [6.45, 7) is 0. The number of pyridine rings is 2. The molecule has 8 rings (SSSR count). The van der Waals surface area contributed by atoms with Gasteiger partial charge < -0.3 is 4.57 Å². The van der Waals surface area contributed by atoms with Gasteiger partial charge in [-0.05, 0) is 52.6 Å². The van der Waals surface area contributed by atoms with Gasteiger partial charge in [0, 0.05) is 39.1 Å². The molecule has 5 heteroatoms. The molecule has 0 amide bonds. The average Bonchev–Trinajstić information content (AvgIpc) is 3.41. The maximum absolute atomic E-state index is 15.8. The fourth-order valence-corrected chi connectivity index (χ4v) is 8.75. The minimum absolute atomic E-state index is 0.704. The molecule has 1 unspecified atom stereocenters. The molecule has 0 aliphatic rings. The van der Waals surface area contributed by atoms with Crippen molar-refractivity contribution in [1.82, 2.24) is 14.4 Å². The lowest BCUT2D eigenvalue weighted by Gasteiger charge is -2.22. The van der Waals surface area contributed by atoms with Gasteiger partial charge in [0.1, 0.15) is 5.65 Å². The highest BCUT2D eigenvalue weighted by Crippen LogP contribution is 2.46. The highest BCUT2D eigenvalue weighted by molar-refractivity contribution is 7.85. The number of benzene rings is 5. The van der Waals surface area contributed by atoms with E-state index >= 15 is 4.57 Å². The van der Waals surface area contributed by atoms with Gasteiger partial charge >= 0.3 is 0 Å². The summed E-state index contributed by atoms with van der Waals surface area (Å²) in [5, 5.41) is 7.48. The Hall–Kier alpha value is -4.79. The van der Waals surface area contributed by atoms with E-state index in [9.17, 15) is 0 Å². The van der Waals surface area contributed by atoms with Crippen molar-refractivity contribution in [2.45, 2.75) is 0 Å². The number of para-hydroxylation sites is 3. The molecule has 3 aromatic heterocycles. The van der Waals surface area contributed by atoms with Gasteiger partial charge in [-0.3, -0.25) is 9.38 Å². The molecular formula is C34H22N3OP. The Morgan fingerprint density at radius 2 is 1.38 bits per heavy atom. The maximum atomic E-state index is 15.8. The van der Waals surface area contributed by atoms with Gasteiger partial charge in [0.25, 0.3) is 0 Å². The van der Waals surface area contributed by atoms with E-state index in [1.54, 1.807) is 12.4 Å². The Labute approximate surface area is 224 Å². The fraction of sp³-hybridized carbons (Fsp3) is 0. The number of rotatable bonds is 3. The van der Waals surface area contributed by atoms with Gasteiger partial charge in [-0.1, -0.05) is 84.9 Å². The second-order valence-electron chi connectivity index (χ2n) is 9.83. The zero-order valence-electron chi connectivity index (χ0n) is 20.9. The van der Waals surface area contributed by atoms with Crippen molar-refractivity contribution in [1.29, 1.82) is 0 Å². The van der Waals surface area contributed by atoms with E-state index in [4.69, 9.17) is 4.98 Å². The number of hydrogen-bond acceptors (Lipinski definition) is 3. The highest BCUT2D eigenvalue weighted by atomic mass is 31.2. The molecule has 5 aromatic carbocycles. The van der Waals surface area contributed by atoms with E-state index in [1.165, 1.54) is 0 Å². The van der Waals surface area contributed by atoms with Crippen LogP contribution in [0.1, 0.15) is 0 Å². The van der Waals surface area contributed by atoms with Crippen molar-refractivity contribution < 1.29 is 4.57 Å². The monoisotopic (exact) mass is 519 g/mol. The van der Waals surface area contributed by atoms with Gasteiger partial charge in [0.15, 0.2) is 7.14 Å². The van der Waals surface area contributed by atoms with E-state index in [0.29, 0.717) is 5.30 Å². The summed E-state index contributed by atoms with van der Waals surface area (Å²) in [6.07, 6.45) is 3.47. The summed E-state index contributed by atoms with van der Waals surface area (Å²) in [4.78, 5) is 9.53. The van der Waals surface area contributed by atoms with Crippen LogP contribution in [0.25, 0.3) is 49.1 Å². The molecule has 1 atom stereocenters. The third-order valence-corrected chi connectivity index (χ3v) is 10.8. The van der Waals surface area contributed by atoms with Crippen LogP contribution in [-0.2, 0) is 4.57 Å². The largest absolute Gasteiger partial charge is 0.309 e. The smallest absolute Gasteiger partial charge is 0.173 e. The molecule has 4 nitrogen and oxygen atoms in total. The predicted molar refractivity (Wildman–Crippen MR) is 162 cm³/mol. The molecular weight excluding hydrogens is 497 g/mol. The van der Waals surface area contributed by atoms with Gasteiger partial charge in [0.2, 0.25) is 0 Å². The molecule has 0 saturated heterocycles. The summed E-state index contributed by atoms with van der Waals surface area (Å²) >= 11 is 0. The quantitative estimate of drug-likeness (QED) is 0.187. The van der Waals surface area contributed by atoms with Crippen LogP contribution in [0.5, 0.6) is 0 Å². The van der Waals surface area contributed by atoms with Gasteiger partial charge in [0.05, 0.1) is 16.6 Å². The number of aromatic nitrogens is 3. The van der Waals surface area contributed by atoms with E-state index < -0.39 is 7.14 Å². The fourth-order valence-electron chi connectivity index (χ4n) is 5.94. The van der Waals surface area contributed by atoms with E-state index in [-0.39, 0.29) is 0 Å². The van der Waals surface area contributed by atoms with Crippen LogP contribution in [0.4, 0.5) is 0 Å². The lowest BCUT2D eigenvalue weighted by molar-refractivity contribution is 0.592. The zero-order chi connectivity index (χ0) is 26.0. The first-order valence-electron chi connectivity index (χ1n) is 12.9. The van der Waals surface area contributed by atoms with E-state index in [0.717, 1.165) is 59.7 Å². The maximum Gasteiger partial charge on any atom is 0.173 e. The van der Waals surface area contributed by atoms with Crippen molar-refractivity contribution >= 4 is 72.2 Å². The minimum Gasteiger partial charge on any atom is -0.309 e.